The number of carboxylic acid groups (broad SMARTS) is 1. The highest BCUT2D eigenvalue weighted by molar-refractivity contribution is 5.85. The van der Waals surface area contributed by atoms with Crippen LogP contribution < -0.4 is 5.32 Å². The minimum absolute atomic E-state index is 0.0654. The molecular formula is C10H15N3O3. The van der Waals surface area contributed by atoms with Gasteiger partial charge < -0.3 is 15.2 Å². The summed E-state index contributed by atoms with van der Waals surface area (Å²) in [4.78, 5) is 18.3. The molecule has 2 N–H and O–H groups in total. The first-order valence-corrected chi connectivity index (χ1v) is 4.91. The van der Waals surface area contributed by atoms with Crippen LogP contribution in [0.15, 0.2) is 12.4 Å². The van der Waals surface area contributed by atoms with Crippen molar-refractivity contribution in [1.29, 1.82) is 0 Å². The summed E-state index contributed by atoms with van der Waals surface area (Å²) in [5.74, 6) is -0.302. The summed E-state index contributed by atoms with van der Waals surface area (Å²) < 4.78 is 4.98. The lowest BCUT2D eigenvalue weighted by Crippen LogP contribution is -2.17. The van der Waals surface area contributed by atoms with Crippen LogP contribution in [-0.4, -0.2) is 41.3 Å². The van der Waals surface area contributed by atoms with E-state index in [2.05, 4.69) is 15.3 Å². The van der Waals surface area contributed by atoms with Crippen LogP contribution in [0.25, 0.3) is 0 Å². The van der Waals surface area contributed by atoms with E-state index in [1.165, 1.54) is 12.4 Å². The highest BCUT2D eigenvalue weighted by Gasteiger charge is 2.07. The van der Waals surface area contributed by atoms with Crippen molar-refractivity contribution in [2.24, 2.45) is 5.92 Å². The zero-order valence-electron chi connectivity index (χ0n) is 9.30. The first-order valence-electron chi connectivity index (χ1n) is 4.91. The number of anilines is 1. The van der Waals surface area contributed by atoms with Crippen molar-refractivity contribution in [2.75, 3.05) is 25.6 Å². The Balaban J connectivity index is 2.54. The molecule has 1 aromatic heterocycles. The van der Waals surface area contributed by atoms with Gasteiger partial charge in [0.15, 0.2) is 5.69 Å². The van der Waals surface area contributed by atoms with Gasteiger partial charge >= 0.3 is 5.97 Å². The van der Waals surface area contributed by atoms with Crippen LogP contribution in [0.5, 0.6) is 0 Å². The van der Waals surface area contributed by atoms with Gasteiger partial charge in [0.25, 0.3) is 0 Å². The normalized spacial score (nSPS) is 12.1. The van der Waals surface area contributed by atoms with E-state index in [1.54, 1.807) is 7.11 Å². The second-order valence-corrected chi connectivity index (χ2v) is 3.54. The minimum atomic E-state index is -1.08. The average molecular weight is 225 g/mol. The molecule has 88 valence electrons. The summed E-state index contributed by atoms with van der Waals surface area (Å²) in [5, 5.41) is 11.7. The monoisotopic (exact) mass is 225 g/mol. The van der Waals surface area contributed by atoms with Gasteiger partial charge in [-0.2, -0.15) is 0 Å². The Morgan fingerprint density at radius 1 is 1.62 bits per heavy atom. The van der Waals surface area contributed by atoms with Crippen LogP contribution in [0.3, 0.4) is 0 Å². The van der Waals surface area contributed by atoms with Gasteiger partial charge in [-0.05, 0) is 5.92 Å². The van der Waals surface area contributed by atoms with Crippen molar-refractivity contribution in [3.05, 3.63) is 18.1 Å². The molecule has 0 fully saturated rings. The van der Waals surface area contributed by atoms with Crippen molar-refractivity contribution < 1.29 is 14.6 Å². The molecule has 0 bridgehead atoms. The highest BCUT2D eigenvalue weighted by atomic mass is 16.5. The lowest BCUT2D eigenvalue weighted by Gasteiger charge is -2.11. The van der Waals surface area contributed by atoms with Gasteiger partial charge in [0.05, 0.1) is 19.0 Å². The second kappa shape index (κ2) is 6.02. The van der Waals surface area contributed by atoms with Gasteiger partial charge in [-0.1, -0.05) is 6.92 Å². The molecule has 1 heterocycles. The van der Waals surface area contributed by atoms with E-state index in [9.17, 15) is 4.79 Å². The molecule has 1 atom stereocenters. The molecule has 0 saturated heterocycles. The molecule has 0 amide bonds. The molecule has 0 aliphatic heterocycles. The predicted molar refractivity (Wildman–Crippen MR) is 58.5 cm³/mol. The van der Waals surface area contributed by atoms with Gasteiger partial charge in [-0.25, -0.2) is 9.78 Å². The number of hydrogen-bond donors (Lipinski definition) is 2. The molecule has 0 radical (unpaired) electrons. The first kappa shape index (κ1) is 12.4. The largest absolute Gasteiger partial charge is 0.476 e. The number of carbonyl (C=O) groups is 1. The lowest BCUT2D eigenvalue weighted by molar-refractivity contribution is 0.0690. The SMILES string of the molecule is COCC(C)CNc1cncc(C(=O)O)n1. The van der Waals surface area contributed by atoms with Crippen LogP contribution >= 0.6 is 0 Å². The molecule has 1 unspecified atom stereocenters. The van der Waals surface area contributed by atoms with Crippen molar-refractivity contribution >= 4 is 11.8 Å². The summed E-state index contributed by atoms with van der Waals surface area (Å²) in [5.41, 5.74) is -0.0654. The predicted octanol–water partition coefficient (Wildman–Crippen LogP) is 0.869. The number of aromatic nitrogens is 2. The van der Waals surface area contributed by atoms with Crippen molar-refractivity contribution in [1.82, 2.24) is 9.97 Å². The Bertz CT molecular complexity index is 357. The first-order chi connectivity index (χ1) is 7.63. The number of carboxylic acids is 1. The number of nitrogens with one attached hydrogen (secondary N) is 1. The Labute approximate surface area is 93.7 Å². The molecular weight excluding hydrogens is 210 g/mol. The zero-order valence-corrected chi connectivity index (χ0v) is 9.30. The fourth-order valence-electron chi connectivity index (χ4n) is 1.18. The van der Waals surface area contributed by atoms with Gasteiger partial charge in [-0.15, -0.1) is 0 Å². The van der Waals surface area contributed by atoms with Gasteiger partial charge in [0, 0.05) is 13.7 Å². The average Bonchev–Trinajstić information content (AvgIpc) is 2.27. The number of methoxy groups -OCH3 is 1. The van der Waals surface area contributed by atoms with Crippen LogP contribution in [-0.2, 0) is 4.74 Å². The smallest absolute Gasteiger partial charge is 0.356 e. The quantitative estimate of drug-likeness (QED) is 0.747. The molecule has 6 nitrogen and oxygen atoms in total. The molecule has 16 heavy (non-hydrogen) atoms. The summed E-state index contributed by atoms with van der Waals surface area (Å²) in [6, 6.07) is 0. The van der Waals surface area contributed by atoms with E-state index in [-0.39, 0.29) is 5.69 Å². The van der Waals surface area contributed by atoms with E-state index in [0.717, 1.165) is 0 Å². The Morgan fingerprint density at radius 3 is 3.00 bits per heavy atom. The molecule has 6 heteroatoms. The number of hydrogen-bond acceptors (Lipinski definition) is 5. The number of nitrogens with zero attached hydrogens (tertiary/aromatic N) is 2. The maximum Gasteiger partial charge on any atom is 0.356 e. The van der Waals surface area contributed by atoms with E-state index >= 15 is 0 Å². The molecule has 0 spiro atoms. The van der Waals surface area contributed by atoms with E-state index in [1.807, 2.05) is 6.92 Å². The Hall–Kier alpha value is -1.69. The summed E-state index contributed by atoms with van der Waals surface area (Å²) >= 11 is 0. The van der Waals surface area contributed by atoms with Crippen LogP contribution in [0.2, 0.25) is 0 Å². The van der Waals surface area contributed by atoms with Crippen LogP contribution in [0, 0.1) is 5.92 Å². The zero-order chi connectivity index (χ0) is 12.0. The van der Waals surface area contributed by atoms with Crippen LogP contribution in [0.1, 0.15) is 17.4 Å². The number of aromatic carboxylic acids is 1. The van der Waals surface area contributed by atoms with Crippen molar-refractivity contribution in [3.8, 4) is 0 Å². The van der Waals surface area contributed by atoms with Crippen molar-refractivity contribution in [2.45, 2.75) is 6.92 Å². The third-order valence-electron chi connectivity index (χ3n) is 1.94. The highest BCUT2D eigenvalue weighted by Crippen LogP contribution is 2.04. The lowest BCUT2D eigenvalue weighted by atomic mass is 10.2. The molecule has 0 aliphatic carbocycles. The molecule has 1 rings (SSSR count). The van der Waals surface area contributed by atoms with Crippen molar-refractivity contribution in [3.63, 3.8) is 0 Å². The third kappa shape index (κ3) is 3.82. The fourth-order valence-corrected chi connectivity index (χ4v) is 1.18. The second-order valence-electron chi connectivity index (χ2n) is 3.54. The summed E-state index contributed by atoms with van der Waals surface area (Å²) in [6.45, 7) is 3.32. The maximum absolute atomic E-state index is 10.6. The third-order valence-corrected chi connectivity index (χ3v) is 1.94. The fraction of sp³-hybridized carbons (Fsp3) is 0.500. The molecule has 0 aromatic carbocycles. The number of rotatable bonds is 6. The molecule has 1 aromatic rings. The standard InChI is InChI=1S/C10H15N3O3/c1-7(6-16-2)3-12-9-5-11-4-8(13-9)10(14)15/h4-5,7H,3,6H2,1-2H3,(H,12,13)(H,14,15). The van der Waals surface area contributed by atoms with Gasteiger partial charge in [0.1, 0.15) is 5.82 Å². The summed E-state index contributed by atoms with van der Waals surface area (Å²) in [7, 11) is 1.64. The number of ether oxygens (including phenoxy) is 1. The minimum Gasteiger partial charge on any atom is -0.476 e. The van der Waals surface area contributed by atoms with E-state index < -0.39 is 5.97 Å². The Kier molecular flexibility index (Phi) is 4.65. The molecule has 0 aliphatic rings. The Morgan fingerprint density at radius 2 is 2.38 bits per heavy atom. The summed E-state index contributed by atoms with van der Waals surface area (Å²) in [6.07, 6.45) is 2.71. The molecule has 0 saturated carbocycles. The van der Waals surface area contributed by atoms with Crippen LogP contribution in [0.4, 0.5) is 5.82 Å². The van der Waals surface area contributed by atoms with Gasteiger partial charge in [0.2, 0.25) is 0 Å². The van der Waals surface area contributed by atoms with E-state index in [4.69, 9.17) is 9.84 Å². The maximum atomic E-state index is 10.6. The van der Waals surface area contributed by atoms with Gasteiger partial charge in [-0.3, -0.25) is 4.98 Å². The van der Waals surface area contributed by atoms with E-state index in [0.29, 0.717) is 24.9 Å². The topological polar surface area (TPSA) is 84.3 Å².